The Kier molecular flexibility index (Phi) is 4.69. The van der Waals surface area contributed by atoms with E-state index in [1.807, 2.05) is 25.1 Å². The molecule has 0 saturated heterocycles. The maximum Gasteiger partial charge on any atom is 0.140 e. The number of fused-ring (bicyclic) bond motifs is 1. The van der Waals surface area contributed by atoms with Crippen LogP contribution in [0.1, 0.15) is 25.3 Å². The number of ketones is 1. The second-order valence-electron chi connectivity index (χ2n) is 5.11. The van der Waals surface area contributed by atoms with Crippen molar-refractivity contribution in [3.05, 3.63) is 48.0 Å². The van der Waals surface area contributed by atoms with Gasteiger partial charge in [0.2, 0.25) is 0 Å². The van der Waals surface area contributed by atoms with Crippen molar-refractivity contribution in [2.75, 3.05) is 6.54 Å². The van der Waals surface area contributed by atoms with Gasteiger partial charge in [-0.25, -0.2) is 0 Å². The highest BCUT2D eigenvalue weighted by Gasteiger charge is 2.14. The summed E-state index contributed by atoms with van der Waals surface area (Å²) >= 11 is 0. The molecular formula is C17H21NO. The number of nitrogens with two attached hydrogens (primary N) is 1. The molecule has 2 aromatic rings. The van der Waals surface area contributed by atoms with Crippen LogP contribution in [0.3, 0.4) is 0 Å². The lowest BCUT2D eigenvalue weighted by atomic mass is 9.93. The van der Waals surface area contributed by atoms with Crippen molar-refractivity contribution < 1.29 is 4.79 Å². The maximum absolute atomic E-state index is 12.2. The average molecular weight is 255 g/mol. The molecule has 0 radical (unpaired) electrons. The lowest BCUT2D eigenvalue weighted by Crippen LogP contribution is -2.15. The summed E-state index contributed by atoms with van der Waals surface area (Å²) in [7, 11) is 0. The summed E-state index contributed by atoms with van der Waals surface area (Å²) < 4.78 is 0. The van der Waals surface area contributed by atoms with Crippen molar-refractivity contribution in [3.63, 3.8) is 0 Å². The first-order valence-corrected chi connectivity index (χ1v) is 6.92. The topological polar surface area (TPSA) is 43.1 Å². The monoisotopic (exact) mass is 255 g/mol. The molecule has 2 heteroatoms. The normalized spacial score (nSPS) is 12.5. The molecule has 2 rings (SSSR count). The molecule has 19 heavy (non-hydrogen) atoms. The molecule has 0 amide bonds. The van der Waals surface area contributed by atoms with E-state index in [1.165, 1.54) is 10.8 Å². The largest absolute Gasteiger partial charge is 0.330 e. The molecule has 0 bridgehead atoms. The average Bonchev–Trinajstić information content (AvgIpc) is 2.45. The van der Waals surface area contributed by atoms with Gasteiger partial charge in [0.1, 0.15) is 5.78 Å². The number of carbonyl (C=O) groups is 1. The predicted octanol–water partition coefficient (Wildman–Crippen LogP) is 3.33. The van der Waals surface area contributed by atoms with Crippen molar-refractivity contribution >= 4 is 16.6 Å². The van der Waals surface area contributed by atoms with E-state index in [-0.39, 0.29) is 5.92 Å². The molecule has 1 unspecified atom stereocenters. The van der Waals surface area contributed by atoms with Crippen LogP contribution >= 0.6 is 0 Å². The Morgan fingerprint density at radius 3 is 2.68 bits per heavy atom. The summed E-state index contributed by atoms with van der Waals surface area (Å²) in [6.07, 6.45) is 2.33. The summed E-state index contributed by atoms with van der Waals surface area (Å²) in [5.41, 5.74) is 6.62. The van der Waals surface area contributed by atoms with Gasteiger partial charge < -0.3 is 5.73 Å². The standard InChI is InChI=1S/C17H21NO/c1-13(6-5-11-18)17(19)12-15-9-4-8-14-7-2-3-10-16(14)15/h2-4,7-10,13H,5-6,11-12,18H2,1H3. The Hall–Kier alpha value is -1.67. The fourth-order valence-electron chi connectivity index (χ4n) is 2.39. The molecule has 0 spiro atoms. The first-order chi connectivity index (χ1) is 9.22. The third-order valence-electron chi connectivity index (χ3n) is 3.64. The highest BCUT2D eigenvalue weighted by atomic mass is 16.1. The van der Waals surface area contributed by atoms with Gasteiger partial charge in [-0.1, -0.05) is 49.4 Å². The van der Waals surface area contributed by atoms with Crippen LogP contribution in [0.2, 0.25) is 0 Å². The SMILES string of the molecule is CC(CCCN)C(=O)Cc1cccc2ccccc12. The van der Waals surface area contributed by atoms with Crippen LogP contribution < -0.4 is 5.73 Å². The molecule has 2 N–H and O–H groups in total. The zero-order valence-electron chi connectivity index (χ0n) is 11.4. The molecule has 2 nitrogen and oxygen atoms in total. The van der Waals surface area contributed by atoms with E-state index in [2.05, 4.69) is 24.3 Å². The van der Waals surface area contributed by atoms with Crippen LogP contribution in [-0.2, 0) is 11.2 Å². The highest BCUT2D eigenvalue weighted by Crippen LogP contribution is 2.20. The van der Waals surface area contributed by atoms with Crippen molar-refractivity contribution in [1.82, 2.24) is 0 Å². The maximum atomic E-state index is 12.2. The number of rotatable bonds is 6. The third-order valence-corrected chi connectivity index (χ3v) is 3.64. The molecular weight excluding hydrogens is 234 g/mol. The van der Waals surface area contributed by atoms with Crippen LogP contribution in [0.4, 0.5) is 0 Å². The van der Waals surface area contributed by atoms with E-state index in [0.717, 1.165) is 18.4 Å². The van der Waals surface area contributed by atoms with E-state index in [0.29, 0.717) is 18.7 Å². The number of hydrogen-bond donors (Lipinski definition) is 1. The van der Waals surface area contributed by atoms with Gasteiger partial charge in [0.25, 0.3) is 0 Å². The number of benzene rings is 2. The third kappa shape index (κ3) is 3.42. The summed E-state index contributed by atoms with van der Waals surface area (Å²) in [6.45, 7) is 2.66. The van der Waals surface area contributed by atoms with Crippen LogP contribution in [0.15, 0.2) is 42.5 Å². The Labute approximate surface area is 114 Å². The van der Waals surface area contributed by atoms with E-state index >= 15 is 0 Å². The first-order valence-electron chi connectivity index (χ1n) is 6.92. The molecule has 0 heterocycles. The van der Waals surface area contributed by atoms with Crippen molar-refractivity contribution in [2.45, 2.75) is 26.2 Å². The molecule has 0 fully saturated rings. The van der Waals surface area contributed by atoms with E-state index < -0.39 is 0 Å². The van der Waals surface area contributed by atoms with Crippen LogP contribution in [0.25, 0.3) is 10.8 Å². The summed E-state index contributed by atoms with van der Waals surface area (Å²) in [5.74, 6) is 0.410. The smallest absolute Gasteiger partial charge is 0.140 e. The van der Waals surface area contributed by atoms with E-state index in [1.54, 1.807) is 0 Å². The highest BCUT2D eigenvalue weighted by molar-refractivity contribution is 5.91. The predicted molar refractivity (Wildman–Crippen MR) is 80.1 cm³/mol. The minimum absolute atomic E-state index is 0.0996. The van der Waals surface area contributed by atoms with Gasteiger partial charge in [0.15, 0.2) is 0 Å². The summed E-state index contributed by atoms with van der Waals surface area (Å²) in [6, 6.07) is 14.4. The van der Waals surface area contributed by atoms with Gasteiger partial charge in [0.05, 0.1) is 0 Å². The Bertz CT molecular complexity index is 557. The zero-order valence-corrected chi connectivity index (χ0v) is 11.4. The van der Waals surface area contributed by atoms with Crippen molar-refractivity contribution in [1.29, 1.82) is 0 Å². The Morgan fingerprint density at radius 2 is 1.89 bits per heavy atom. The molecule has 2 aromatic carbocycles. The zero-order chi connectivity index (χ0) is 13.7. The lowest BCUT2D eigenvalue weighted by molar-refractivity contribution is -0.121. The number of Topliss-reactive ketones (excluding diaryl/α,β-unsaturated/α-hetero) is 1. The number of carbonyl (C=O) groups excluding carboxylic acids is 1. The van der Waals surface area contributed by atoms with Crippen molar-refractivity contribution in [2.24, 2.45) is 11.7 Å². The minimum atomic E-state index is 0.0996. The van der Waals surface area contributed by atoms with Gasteiger partial charge in [0, 0.05) is 12.3 Å². The first kappa shape index (κ1) is 13.8. The lowest BCUT2D eigenvalue weighted by Gasteiger charge is -2.11. The van der Waals surface area contributed by atoms with E-state index in [4.69, 9.17) is 5.73 Å². The second kappa shape index (κ2) is 6.48. The van der Waals surface area contributed by atoms with E-state index in [9.17, 15) is 4.79 Å². The van der Waals surface area contributed by atoms with Gasteiger partial charge in [-0.3, -0.25) is 4.79 Å². The molecule has 0 aliphatic heterocycles. The fraction of sp³-hybridized carbons (Fsp3) is 0.353. The summed E-state index contributed by atoms with van der Waals surface area (Å²) in [4.78, 5) is 12.2. The Balaban J connectivity index is 2.15. The number of hydrogen-bond acceptors (Lipinski definition) is 2. The Morgan fingerprint density at radius 1 is 1.16 bits per heavy atom. The van der Waals surface area contributed by atoms with Gasteiger partial charge in [-0.05, 0) is 35.7 Å². The summed E-state index contributed by atoms with van der Waals surface area (Å²) in [5, 5.41) is 2.38. The minimum Gasteiger partial charge on any atom is -0.330 e. The van der Waals surface area contributed by atoms with Gasteiger partial charge in [-0.15, -0.1) is 0 Å². The van der Waals surface area contributed by atoms with Crippen LogP contribution in [-0.4, -0.2) is 12.3 Å². The molecule has 100 valence electrons. The van der Waals surface area contributed by atoms with Crippen LogP contribution in [0, 0.1) is 5.92 Å². The van der Waals surface area contributed by atoms with Gasteiger partial charge >= 0.3 is 0 Å². The molecule has 0 aliphatic rings. The fourth-order valence-corrected chi connectivity index (χ4v) is 2.39. The van der Waals surface area contributed by atoms with Crippen LogP contribution in [0.5, 0.6) is 0 Å². The molecule has 0 saturated carbocycles. The quantitative estimate of drug-likeness (QED) is 0.860. The van der Waals surface area contributed by atoms with Crippen molar-refractivity contribution in [3.8, 4) is 0 Å². The molecule has 0 aromatic heterocycles. The van der Waals surface area contributed by atoms with Gasteiger partial charge in [-0.2, -0.15) is 0 Å². The second-order valence-corrected chi connectivity index (χ2v) is 5.11. The molecule has 0 aliphatic carbocycles. The molecule has 1 atom stereocenters.